The van der Waals surface area contributed by atoms with E-state index < -0.39 is 0 Å². The smallest absolute Gasteiger partial charge is 0.213 e. The molecule has 3 rings (SSSR count). The van der Waals surface area contributed by atoms with Crippen LogP contribution in [0.3, 0.4) is 0 Å². The van der Waals surface area contributed by atoms with E-state index in [-0.39, 0.29) is 17.8 Å². The van der Waals surface area contributed by atoms with Crippen molar-refractivity contribution in [2.45, 2.75) is 59.0 Å². The molecule has 2 atom stereocenters. The Morgan fingerprint density at radius 3 is 2.72 bits per heavy atom. The molecule has 0 spiro atoms. The molecule has 1 aromatic carbocycles. The van der Waals surface area contributed by atoms with Gasteiger partial charge in [-0.25, -0.2) is 4.98 Å². The van der Waals surface area contributed by atoms with Crippen molar-refractivity contribution >= 4 is 11.5 Å². The molecule has 0 N–H and O–H groups in total. The summed E-state index contributed by atoms with van der Waals surface area (Å²) in [5.41, 5.74) is 3.50. The number of hydrogen-bond donors (Lipinski definition) is 0. The summed E-state index contributed by atoms with van der Waals surface area (Å²) in [7, 11) is 0. The lowest BCUT2D eigenvalue weighted by Gasteiger charge is -2.21. The van der Waals surface area contributed by atoms with E-state index in [1.54, 1.807) is 6.92 Å². The lowest BCUT2D eigenvalue weighted by molar-refractivity contribution is -0.117. The largest absolute Gasteiger partial charge is 0.489 e. The average molecular weight is 397 g/mol. The van der Waals surface area contributed by atoms with Crippen molar-refractivity contribution in [3.8, 4) is 11.6 Å². The Morgan fingerprint density at radius 1 is 1.31 bits per heavy atom. The Labute approximate surface area is 174 Å². The van der Waals surface area contributed by atoms with Crippen molar-refractivity contribution in [3.05, 3.63) is 47.7 Å². The fourth-order valence-corrected chi connectivity index (χ4v) is 3.80. The highest BCUT2D eigenvalue weighted by molar-refractivity contribution is 5.76. The molecule has 0 saturated carbocycles. The fraction of sp³-hybridized carbons (Fsp3) is 0.500. The van der Waals surface area contributed by atoms with Crippen LogP contribution in [0.25, 0.3) is 0 Å². The minimum absolute atomic E-state index is 0.158. The molecule has 0 aliphatic carbocycles. The van der Waals surface area contributed by atoms with Crippen molar-refractivity contribution in [2.75, 3.05) is 24.6 Å². The minimum Gasteiger partial charge on any atom is -0.489 e. The van der Waals surface area contributed by atoms with Crippen LogP contribution in [0.2, 0.25) is 0 Å². The van der Waals surface area contributed by atoms with Crippen molar-refractivity contribution in [3.63, 3.8) is 0 Å². The summed E-state index contributed by atoms with van der Waals surface area (Å²) in [6, 6.07) is 10.2. The molecule has 0 bridgehead atoms. The number of carbonyl (C=O) groups excluding carboxylic acids is 1. The molecular weight excluding hydrogens is 364 g/mol. The Balaban J connectivity index is 1.56. The van der Waals surface area contributed by atoms with Gasteiger partial charge in [0.15, 0.2) is 0 Å². The zero-order chi connectivity index (χ0) is 20.8. The summed E-state index contributed by atoms with van der Waals surface area (Å²) in [5, 5.41) is 0. The van der Waals surface area contributed by atoms with Gasteiger partial charge in [0, 0.05) is 25.5 Å². The highest BCUT2D eigenvalue weighted by Gasteiger charge is 2.25. The third kappa shape index (κ3) is 5.72. The Morgan fingerprint density at radius 2 is 2.07 bits per heavy atom. The van der Waals surface area contributed by atoms with Crippen LogP contribution in [0.4, 0.5) is 5.69 Å². The number of pyridine rings is 1. The number of carbonyl (C=O) groups is 1. The third-order valence-corrected chi connectivity index (χ3v) is 5.34. The van der Waals surface area contributed by atoms with E-state index in [0.29, 0.717) is 18.9 Å². The molecule has 1 unspecified atom stereocenters. The molecule has 5 nitrogen and oxygen atoms in total. The Hall–Kier alpha value is -2.56. The van der Waals surface area contributed by atoms with Gasteiger partial charge in [-0.15, -0.1) is 0 Å². The van der Waals surface area contributed by atoms with Crippen LogP contribution >= 0.6 is 0 Å². The predicted octanol–water partition coefficient (Wildman–Crippen LogP) is 4.92. The monoisotopic (exact) mass is 396 g/mol. The molecule has 5 heteroatoms. The number of rotatable bonds is 9. The van der Waals surface area contributed by atoms with E-state index in [1.807, 2.05) is 24.4 Å². The van der Waals surface area contributed by atoms with Gasteiger partial charge in [0.05, 0.1) is 25.0 Å². The lowest BCUT2D eigenvalue weighted by Crippen LogP contribution is -2.25. The Kier molecular flexibility index (Phi) is 7.13. The van der Waals surface area contributed by atoms with Gasteiger partial charge in [-0.1, -0.05) is 26.0 Å². The Bertz CT molecular complexity index is 819. The zero-order valence-corrected chi connectivity index (χ0v) is 18.0. The van der Waals surface area contributed by atoms with E-state index in [1.165, 1.54) is 11.1 Å². The van der Waals surface area contributed by atoms with Gasteiger partial charge in [0.25, 0.3) is 0 Å². The van der Waals surface area contributed by atoms with E-state index in [2.05, 4.69) is 42.8 Å². The number of aromatic nitrogens is 1. The summed E-state index contributed by atoms with van der Waals surface area (Å²) in [6.45, 7) is 10.4. The van der Waals surface area contributed by atoms with Crippen LogP contribution in [0.15, 0.2) is 36.5 Å². The van der Waals surface area contributed by atoms with Gasteiger partial charge in [-0.2, -0.15) is 0 Å². The number of hydrogen-bond acceptors (Lipinski definition) is 5. The SMILES string of the molecule is CCCOc1cc(C)c(N2CCC(Oc3ccc([C@H](C)CC(C)=O)cc3)C2)cn1. The van der Waals surface area contributed by atoms with E-state index in [9.17, 15) is 4.79 Å². The van der Waals surface area contributed by atoms with Crippen LogP contribution < -0.4 is 14.4 Å². The maximum Gasteiger partial charge on any atom is 0.213 e. The van der Waals surface area contributed by atoms with Gasteiger partial charge >= 0.3 is 0 Å². The number of Topliss-reactive ketones (excluding diaryl/α,β-unsaturated/α-hetero) is 1. The van der Waals surface area contributed by atoms with Gasteiger partial charge in [-0.3, -0.25) is 0 Å². The lowest BCUT2D eigenvalue weighted by atomic mass is 9.96. The van der Waals surface area contributed by atoms with Gasteiger partial charge in [-0.05, 0) is 49.4 Å². The van der Waals surface area contributed by atoms with E-state index in [4.69, 9.17) is 9.47 Å². The van der Waals surface area contributed by atoms with Crippen molar-refractivity contribution in [1.29, 1.82) is 0 Å². The highest BCUT2D eigenvalue weighted by atomic mass is 16.5. The molecule has 1 aliphatic heterocycles. The fourth-order valence-electron chi connectivity index (χ4n) is 3.80. The molecule has 156 valence electrons. The second-order valence-corrected chi connectivity index (χ2v) is 8.01. The first-order valence-electron chi connectivity index (χ1n) is 10.6. The maximum absolute atomic E-state index is 11.3. The van der Waals surface area contributed by atoms with E-state index in [0.717, 1.165) is 37.4 Å². The first-order valence-corrected chi connectivity index (χ1v) is 10.6. The second kappa shape index (κ2) is 9.77. The molecule has 0 amide bonds. The maximum atomic E-state index is 11.3. The molecule has 29 heavy (non-hydrogen) atoms. The molecular formula is C24H32N2O3. The minimum atomic E-state index is 0.158. The quantitative estimate of drug-likeness (QED) is 0.602. The van der Waals surface area contributed by atoms with Crippen molar-refractivity contribution in [1.82, 2.24) is 4.98 Å². The second-order valence-electron chi connectivity index (χ2n) is 8.01. The summed E-state index contributed by atoms with van der Waals surface area (Å²) >= 11 is 0. The van der Waals surface area contributed by atoms with E-state index >= 15 is 0 Å². The molecule has 1 aliphatic rings. The van der Waals surface area contributed by atoms with Gasteiger partial charge in [0.2, 0.25) is 5.88 Å². The van der Waals surface area contributed by atoms with Crippen LogP contribution in [-0.4, -0.2) is 36.6 Å². The molecule has 1 fully saturated rings. The number of aryl methyl sites for hydroxylation is 1. The van der Waals surface area contributed by atoms with Crippen molar-refractivity contribution < 1.29 is 14.3 Å². The number of anilines is 1. The number of benzene rings is 1. The number of nitrogens with zero attached hydrogens (tertiary/aromatic N) is 2. The number of ketones is 1. The normalized spacial score (nSPS) is 17.2. The summed E-state index contributed by atoms with van der Waals surface area (Å²) in [5.74, 6) is 2.04. The third-order valence-electron chi connectivity index (χ3n) is 5.34. The topological polar surface area (TPSA) is 51.7 Å². The highest BCUT2D eigenvalue weighted by Crippen LogP contribution is 2.28. The van der Waals surface area contributed by atoms with Crippen LogP contribution in [-0.2, 0) is 4.79 Å². The summed E-state index contributed by atoms with van der Waals surface area (Å²) in [6.07, 6.45) is 4.60. The van der Waals surface area contributed by atoms with Crippen LogP contribution in [0.1, 0.15) is 57.1 Å². The first kappa shape index (κ1) is 21.2. The molecule has 2 aromatic rings. The molecule has 2 heterocycles. The van der Waals surface area contributed by atoms with Crippen LogP contribution in [0, 0.1) is 6.92 Å². The zero-order valence-electron chi connectivity index (χ0n) is 18.0. The summed E-state index contributed by atoms with van der Waals surface area (Å²) in [4.78, 5) is 18.1. The first-order chi connectivity index (χ1) is 14.0. The average Bonchev–Trinajstić information content (AvgIpc) is 3.14. The number of ether oxygens (including phenoxy) is 2. The standard InChI is InChI=1S/C24H32N2O3/c1-5-12-28-24-14-18(3)23(15-25-24)26-11-10-22(16-26)29-21-8-6-20(7-9-21)17(2)13-19(4)27/h6-9,14-15,17,22H,5,10-13,16H2,1-4H3/t17-,22?/m1/s1. The van der Waals surface area contributed by atoms with Gasteiger partial charge in [0.1, 0.15) is 17.6 Å². The summed E-state index contributed by atoms with van der Waals surface area (Å²) < 4.78 is 11.8. The molecule has 1 saturated heterocycles. The predicted molar refractivity (Wildman–Crippen MR) is 116 cm³/mol. The molecule has 0 radical (unpaired) electrons. The molecule has 1 aromatic heterocycles. The van der Waals surface area contributed by atoms with Crippen molar-refractivity contribution in [2.24, 2.45) is 0 Å². The van der Waals surface area contributed by atoms with Gasteiger partial charge < -0.3 is 19.2 Å². The van der Waals surface area contributed by atoms with Crippen LogP contribution in [0.5, 0.6) is 11.6 Å².